The van der Waals surface area contributed by atoms with Crippen LogP contribution in [0, 0.1) is 12.8 Å². The third-order valence-electron chi connectivity index (χ3n) is 4.89. The second kappa shape index (κ2) is 6.14. The Labute approximate surface area is 127 Å². The number of fused-ring (bicyclic) bond motifs is 4. The smallest absolute Gasteiger partial charge is 0.255 e. The number of carbonyl (C=O) groups is 1. The van der Waals surface area contributed by atoms with Crippen LogP contribution >= 0.6 is 0 Å². The summed E-state index contributed by atoms with van der Waals surface area (Å²) in [6, 6.07) is 2.47. The van der Waals surface area contributed by atoms with Crippen LogP contribution < -0.4 is 0 Å². The van der Waals surface area contributed by atoms with Gasteiger partial charge in [-0.05, 0) is 50.3 Å². The third kappa shape index (κ3) is 2.95. The van der Waals surface area contributed by atoms with E-state index in [1.54, 1.807) is 12.4 Å². The molecule has 4 nitrogen and oxygen atoms in total. The van der Waals surface area contributed by atoms with Gasteiger partial charge in [0.2, 0.25) is 0 Å². The van der Waals surface area contributed by atoms with Gasteiger partial charge < -0.3 is 4.90 Å². The number of amides is 1. The van der Waals surface area contributed by atoms with E-state index in [1.165, 1.54) is 19.3 Å². The third-order valence-corrected chi connectivity index (χ3v) is 4.89. The van der Waals surface area contributed by atoms with Crippen molar-refractivity contribution in [1.82, 2.24) is 14.8 Å². The van der Waals surface area contributed by atoms with Gasteiger partial charge in [0, 0.05) is 38.1 Å². The summed E-state index contributed by atoms with van der Waals surface area (Å²) in [7, 11) is 0. The van der Waals surface area contributed by atoms with Crippen LogP contribution in [-0.2, 0) is 0 Å². The first-order valence-electron chi connectivity index (χ1n) is 8.13. The number of aromatic nitrogens is 1. The average molecular weight is 287 g/mol. The van der Waals surface area contributed by atoms with Crippen molar-refractivity contribution >= 4 is 5.91 Å². The number of aryl methyl sites for hydroxylation is 1. The minimum atomic E-state index is 0.163. The number of nitrogens with zero attached hydrogens (tertiary/aromatic N) is 3. The Morgan fingerprint density at radius 1 is 1.33 bits per heavy atom. The lowest BCUT2D eigenvalue weighted by Crippen LogP contribution is -2.44. The molecule has 1 aromatic heterocycles. The predicted octanol–water partition coefficient (Wildman–Crippen LogP) is 2.34. The molecule has 4 rings (SSSR count). The van der Waals surface area contributed by atoms with Crippen LogP contribution in [0.5, 0.6) is 0 Å². The summed E-state index contributed by atoms with van der Waals surface area (Å²) in [5.74, 6) is 0.798. The summed E-state index contributed by atoms with van der Waals surface area (Å²) in [5, 5.41) is 0. The maximum atomic E-state index is 12.8. The molecule has 0 aliphatic carbocycles. The number of hydrogen-bond acceptors (Lipinski definition) is 3. The van der Waals surface area contributed by atoms with Gasteiger partial charge in [-0.25, -0.2) is 0 Å². The molecule has 3 aliphatic rings. The zero-order valence-electron chi connectivity index (χ0n) is 13.1. The largest absolute Gasteiger partial charge is 0.337 e. The molecule has 3 aliphatic heterocycles. The summed E-state index contributed by atoms with van der Waals surface area (Å²) in [5.41, 5.74) is 1.79. The molecular formula is C17H25N3O. The van der Waals surface area contributed by atoms with Crippen molar-refractivity contribution in [2.24, 2.45) is 5.92 Å². The zero-order valence-corrected chi connectivity index (χ0v) is 13.1. The molecule has 0 radical (unpaired) electrons. The Balaban J connectivity index is 1.78. The summed E-state index contributed by atoms with van der Waals surface area (Å²) in [4.78, 5) is 21.6. The van der Waals surface area contributed by atoms with Gasteiger partial charge in [-0.2, -0.15) is 0 Å². The first kappa shape index (κ1) is 14.5. The molecule has 3 saturated heterocycles. The van der Waals surface area contributed by atoms with E-state index in [-0.39, 0.29) is 5.91 Å². The topological polar surface area (TPSA) is 36.4 Å². The van der Waals surface area contributed by atoms with Crippen molar-refractivity contribution in [3.05, 3.63) is 29.6 Å². The van der Waals surface area contributed by atoms with E-state index >= 15 is 0 Å². The maximum absolute atomic E-state index is 12.8. The molecule has 4 heterocycles. The van der Waals surface area contributed by atoms with Crippen LogP contribution in [0.4, 0.5) is 0 Å². The Morgan fingerprint density at radius 3 is 2.95 bits per heavy atom. The molecule has 2 atom stereocenters. The van der Waals surface area contributed by atoms with Crippen LogP contribution in [0.25, 0.3) is 0 Å². The highest BCUT2D eigenvalue weighted by molar-refractivity contribution is 5.95. The fraction of sp³-hybridized carbons (Fsp3) is 0.647. The number of piperidine rings is 1. The predicted molar refractivity (Wildman–Crippen MR) is 83.3 cm³/mol. The monoisotopic (exact) mass is 287 g/mol. The standard InChI is InChI=1S/C17H25N3O/c1-3-8-19-10-14-4-5-15(19)12-20(11-14)17(21)16-9-18-7-6-13(16)2/h6-7,9,14-15H,3-5,8,10-12H2,1-2H3/t14-,15-/m0/s1. The zero-order chi connectivity index (χ0) is 14.8. The Kier molecular flexibility index (Phi) is 4.24. The quantitative estimate of drug-likeness (QED) is 0.856. The van der Waals surface area contributed by atoms with Crippen LogP contribution in [0.15, 0.2) is 18.5 Å². The van der Waals surface area contributed by atoms with Crippen LogP contribution in [-0.4, -0.2) is 52.9 Å². The van der Waals surface area contributed by atoms with Gasteiger partial charge in [0.05, 0.1) is 5.56 Å². The second-order valence-electron chi connectivity index (χ2n) is 6.49. The molecule has 114 valence electrons. The van der Waals surface area contributed by atoms with Crippen LogP contribution in [0.2, 0.25) is 0 Å². The fourth-order valence-electron chi connectivity index (χ4n) is 3.76. The first-order valence-corrected chi connectivity index (χ1v) is 8.13. The van der Waals surface area contributed by atoms with E-state index in [1.807, 2.05) is 13.0 Å². The maximum Gasteiger partial charge on any atom is 0.255 e. The Hall–Kier alpha value is -1.42. The van der Waals surface area contributed by atoms with Gasteiger partial charge in [-0.1, -0.05) is 6.92 Å². The molecule has 0 saturated carbocycles. The minimum Gasteiger partial charge on any atom is -0.337 e. The molecular weight excluding hydrogens is 262 g/mol. The molecule has 1 aromatic rings. The second-order valence-corrected chi connectivity index (χ2v) is 6.49. The minimum absolute atomic E-state index is 0.163. The lowest BCUT2D eigenvalue weighted by molar-refractivity contribution is 0.0737. The van der Waals surface area contributed by atoms with Gasteiger partial charge >= 0.3 is 0 Å². The molecule has 0 aromatic carbocycles. The van der Waals surface area contributed by atoms with E-state index < -0.39 is 0 Å². The SMILES string of the molecule is CCCN1C[C@@H]2CC[C@H]1CN(C(=O)c1cnccc1C)C2. The van der Waals surface area contributed by atoms with Crippen molar-refractivity contribution in [1.29, 1.82) is 0 Å². The highest BCUT2D eigenvalue weighted by atomic mass is 16.2. The van der Waals surface area contributed by atoms with Crippen molar-refractivity contribution in [2.75, 3.05) is 26.2 Å². The molecule has 0 unspecified atom stereocenters. The average Bonchev–Trinajstić information content (AvgIpc) is 2.79. The van der Waals surface area contributed by atoms with Gasteiger partial charge in [-0.15, -0.1) is 0 Å². The van der Waals surface area contributed by atoms with E-state index in [2.05, 4.69) is 21.7 Å². The Morgan fingerprint density at radius 2 is 2.19 bits per heavy atom. The molecule has 1 amide bonds. The summed E-state index contributed by atoms with van der Waals surface area (Å²) >= 11 is 0. The van der Waals surface area contributed by atoms with Crippen molar-refractivity contribution in [3.8, 4) is 0 Å². The normalized spacial score (nSPS) is 25.9. The van der Waals surface area contributed by atoms with Crippen LogP contribution in [0.3, 0.4) is 0 Å². The lowest BCUT2D eigenvalue weighted by Gasteiger charge is -2.35. The highest BCUT2D eigenvalue weighted by Gasteiger charge is 2.36. The van der Waals surface area contributed by atoms with Gasteiger partial charge in [0.25, 0.3) is 5.91 Å². The number of carbonyl (C=O) groups excluding carboxylic acids is 1. The summed E-state index contributed by atoms with van der Waals surface area (Å²) < 4.78 is 0. The van der Waals surface area contributed by atoms with E-state index in [4.69, 9.17) is 0 Å². The number of pyridine rings is 1. The summed E-state index contributed by atoms with van der Waals surface area (Å²) in [6.45, 7) is 8.34. The number of hydrogen-bond donors (Lipinski definition) is 0. The fourth-order valence-corrected chi connectivity index (χ4v) is 3.76. The first-order chi connectivity index (χ1) is 10.2. The molecule has 3 fully saturated rings. The van der Waals surface area contributed by atoms with E-state index in [0.717, 1.165) is 37.3 Å². The van der Waals surface area contributed by atoms with Crippen molar-refractivity contribution < 1.29 is 4.79 Å². The van der Waals surface area contributed by atoms with Crippen molar-refractivity contribution in [2.45, 2.75) is 39.2 Å². The molecule has 0 N–H and O–H groups in total. The lowest BCUT2D eigenvalue weighted by atomic mass is 9.95. The Bertz CT molecular complexity index is 517. The van der Waals surface area contributed by atoms with Gasteiger partial charge in [-0.3, -0.25) is 14.7 Å². The molecule has 0 spiro atoms. The van der Waals surface area contributed by atoms with Crippen molar-refractivity contribution in [3.63, 3.8) is 0 Å². The molecule has 4 heteroatoms. The van der Waals surface area contributed by atoms with E-state index in [0.29, 0.717) is 12.0 Å². The van der Waals surface area contributed by atoms with E-state index in [9.17, 15) is 4.79 Å². The number of rotatable bonds is 3. The van der Waals surface area contributed by atoms with Gasteiger partial charge in [0.1, 0.15) is 0 Å². The summed E-state index contributed by atoms with van der Waals surface area (Å²) in [6.07, 6.45) is 7.16. The highest BCUT2D eigenvalue weighted by Crippen LogP contribution is 2.29. The van der Waals surface area contributed by atoms with Crippen LogP contribution in [0.1, 0.15) is 42.1 Å². The molecule has 21 heavy (non-hydrogen) atoms. The molecule has 2 bridgehead atoms. The van der Waals surface area contributed by atoms with Gasteiger partial charge in [0.15, 0.2) is 0 Å².